The normalized spacial score (nSPS) is 15.1. The van der Waals surface area contributed by atoms with Crippen LogP contribution in [0.2, 0.25) is 10.0 Å². The molecule has 106 valence electrons. The number of rotatable bonds is 1. The number of benzene rings is 2. The summed E-state index contributed by atoms with van der Waals surface area (Å²) in [6.45, 7) is 0. The molecule has 1 aliphatic heterocycles. The van der Waals surface area contributed by atoms with E-state index in [0.29, 0.717) is 5.56 Å². The van der Waals surface area contributed by atoms with Crippen molar-refractivity contribution in [2.24, 2.45) is 0 Å². The van der Waals surface area contributed by atoms with Crippen molar-refractivity contribution < 1.29 is 19.7 Å². The van der Waals surface area contributed by atoms with Crippen LogP contribution < -0.4 is 4.74 Å². The molecule has 0 saturated heterocycles. The van der Waals surface area contributed by atoms with Gasteiger partial charge in [0.25, 0.3) is 0 Å². The Hall–Kier alpha value is -2.17. The van der Waals surface area contributed by atoms with E-state index in [2.05, 4.69) is 0 Å². The minimum Gasteiger partial charge on any atom is -0.508 e. The predicted molar refractivity (Wildman–Crippen MR) is 79.2 cm³/mol. The summed E-state index contributed by atoms with van der Waals surface area (Å²) in [6, 6.07) is 7.07. The molecule has 0 spiro atoms. The first-order valence-electron chi connectivity index (χ1n) is 5.91. The molecule has 0 aliphatic carbocycles. The number of hydrogen-bond acceptors (Lipinski definition) is 4. The first-order valence-corrected chi connectivity index (χ1v) is 6.67. The SMILES string of the molecule is O=C1C(=Cc2ccc(O)cc2O)Oc2c(Cl)ccc(Cl)c21. The molecule has 0 atom stereocenters. The van der Waals surface area contributed by atoms with E-state index in [1.807, 2.05) is 0 Å². The number of Topliss-reactive ketones (excluding diaryl/α,β-unsaturated/α-hetero) is 1. The van der Waals surface area contributed by atoms with E-state index in [9.17, 15) is 15.0 Å². The summed E-state index contributed by atoms with van der Waals surface area (Å²) in [5.41, 5.74) is 0.532. The van der Waals surface area contributed by atoms with Gasteiger partial charge in [0.1, 0.15) is 11.5 Å². The van der Waals surface area contributed by atoms with Crippen LogP contribution >= 0.6 is 23.2 Å². The molecule has 2 N–H and O–H groups in total. The molecule has 2 aromatic carbocycles. The molecule has 0 fully saturated rings. The summed E-state index contributed by atoms with van der Waals surface area (Å²) >= 11 is 12.0. The van der Waals surface area contributed by atoms with Gasteiger partial charge in [-0.15, -0.1) is 0 Å². The smallest absolute Gasteiger partial charge is 0.233 e. The Balaban J connectivity index is 2.07. The number of halogens is 2. The van der Waals surface area contributed by atoms with Gasteiger partial charge in [-0.05, 0) is 30.3 Å². The number of hydrogen-bond donors (Lipinski definition) is 2. The molecule has 6 heteroatoms. The average molecular weight is 323 g/mol. The van der Waals surface area contributed by atoms with Crippen LogP contribution in [0.1, 0.15) is 15.9 Å². The van der Waals surface area contributed by atoms with Gasteiger partial charge >= 0.3 is 0 Å². The number of fused-ring (bicyclic) bond motifs is 1. The van der Waals surface area contributed by atoms with E-state index in [1.165, 1.54) is 36.4 Å². The highest BCUT2D eigenvalue weighted by Gasteiger charge is 2.32. The van der Waals surface area contributed by atoms with Gasteiger partial charge in [0.2, 0.25) is 5.78 Å². The molecule has 0 aromatic heterocycles. The summed E-state index contributed by atoms with van der Waals surface area (Å²) in [6.07, 6.45) is 1.36. The van der Waals surface area contributed by atoms with Crippen molar-refractivity contribution in [3.63, 3.8) is 0 Å². The highest BCUT2D eigenvalue weighted by Crippen LogP contribution is 2.42. The van der Waals surface area contributed by atoms with Crippen LogP contribution in [0.4, 0.5) is 0 Å². The first kappa shape index (κ1) is 13.8. The maximum atomic E-state index is 12.3. The summed E-state index contributed by atoms with van der Waals surface area (Å²) in [4.78, 5) is 12.3. The first-order chi connectivity index (χ1) is 9.97. The van der Waals surface area contributed by atoms with Crippen molar-refractivity contribution in [2.45, 2.75) is 0 Å². The van der Waals surface area contributed by atoms with Gasteiger partial charge in [0, 0.05) is 11.6 Å². The van der Waals surface area contributed by atoms with Crippen LogP contribution in [0.3, 0.4) is 0 Å². The Morgan fingerprint density at radius 3 is 2.43 bits per heavy atom. The number of allylic oxidation sites excluding steroid dienone is 1. The molecule has 0 radical (unpaired) electrons. The number of aromatic hydroxyl groups is 2. The molecular weight excluding hydrogens is 315 g/mol. The van der Waals surface area contributed by atoms with Crippen molar-refractivity contribution in [1.29, 1.82) is 0 Å². The summed E-state index contributed by atoms with van der Waals surface area (Å²) in [5.74, 6) is -0.459. The Bertz CT molecular complexity index is 797. The quantitative estimate of drug-likeness (QED) is 0.778. The fourth-order valence-corrected chi connectivity index (χ4v) is 2.45. The van der Waals surface area contributed by atoms with Crippen molar-refractivity contribution in [1.82, 2.24) is 0 Å². The van der Waals surface area contributed by atoms with Gasteiger partial charge in [-0.3, -0.25) is 4.79 Å². The monoisotopic (exact) mass is 322 g/mol. The van der Waals surface area contributed by atoms with E-state index in [0.717, 1.165) is 0 Å². The van der Waals surface area contributed by atoms with Crippen LogP contribution in [0.5, 0.6) is 17.2 Å². The zero-order valence-electron chi connectivity index (χ0n) is 10.4. The van der Waals surface area contributed by atoms with E-state index in [1.54, 1.807) is 0 Å². The summed E-state index contributed by atoms with van der Waals surface area (Å²) < 4.78 is 5.44. The molecule has 2 aromatic rings. The van der Waals surface area contributed by atoms with E-state index in [4.69, 9.17) is 27.9 Å². The third-order valence-corrected chi connectivity index (χ3v) is 3.63. The molecule has 4 nitrogen and oxygen atoms in total. The van der Waals surface area contributed by atoms with Crippen LogP contribution in [0, 0.1) is 0 Å². The maximum Gasteiger partial charge on any atom is 0.233 e. The third kappa shape index (κ3) is 2.33. The van der Waals surface area contributed by atoms with Gasteiger partial charge < -0.3 is 14.9 Å². The lowest BCUT2D eigenvalue weighted by Crippen LogP contribution is -1.98. The van der Waals surface area contributed by atoms with Crippen LogP contribution in [0.25, 0.3) is 6.08 Å². The van der Waals surface area contributed by atoms with Gasteiger partial charge in [0.15, 0.2) is 11.5 Å². The van der Waals surface area contributed by atoms with E-state index in [-0.39, 0.29) is 38.6 Å². The number of phenols is 2. The van der Waals surface area contributed by atoms with Crippen molar-refractivity contribution >= 4 is 35.1 Å². The highest BCUT2D eigenvalue weighted by atomic mass is 35.5. The molecule has 3 rings (SSSR count). The Morgan fingerprint density at radius 1 is 1.05 bits per heavy atom. The second-order valence-electron chi connectivity index (χ2n) is 4.42. The molecular formula is C15H8Cl2O4. The van der Waals surface area contributed by atoms with Gasteiger partial charge in [0.05, 0.1) is 15.6 Å². The zero-order valence-corrected chi connectivity index (χ0v) is 11.9. The van der Waals surface area contributed by atoms with Crippen LogP contribution in [-0.2, 0) is 0 Å². The molecule has 0 unspecified atom stereocenters. The lowest BCUT2D eigenvalue weighted by molar-refractivity contribution is 0.101. The minimum absolute atomic E-state index is 0.000916. The predicted octanol–water partition coefficient (Wildman–Crippen LogP) is 4.02. The molecule has 0 bridgehead atoms. The number of ketones is 1. The maximum absolute atomic E-state index is 12.3. The highest BCUT2D eigenvalue weighted by molar-refractivity contribution is 6.39. The number of carbonyl (C=O) groups excluding carboxylic acids is 1. The molecule has 21 heavy (non-hydrogen) atoms. The molecule has 1 aliphatic rings. The van der Waals surface area contributed by atoms with Crippen LogP contribution in [-0.4, -0.2) is 16.0 Å². The summed E-state index contributed by atoms with van der Waals surface area (Å²) in [5, 5.41) is 19.5. The van der Waals surface area contributed by atoms with Gasteiger partial charge in [-0.2, -0.15) is 0 Å². The molecule has 0 saturated carbocycles. The minimum atomic E-state index is -0.412. The second kappa shape index (κ2) is 4.98. The zero-order chi connectivity index (χ0) is 15.1. The second-order valence-corrected chi connectivity index (χ2v) is 5.23. The van der Waals surface area contributed by atoms with E-state index >= 15 is 0 Å². The average Bonchev–Trinajstić information content (AvgIpc) is 2.76. The molecule has 0 amide bonds. The van der Waals surface area contributed by atoms with Gasteiger partial charge in [-0.25, -0.2) is 0 Å². The number of carbonyl (C=O) groups is 1. The van der Waals surface area contributed by atoms with Crippen LogP contribution in [0.15, 0.2) is 36.1 Å². The Kier molecular flexibility index (Phi) is 3.27. The number of phenolic OH excluding ortho intramolecular Hbond substituents is 2. The lowest BCUT2D eigenvalue weighted by Gasteiger charge is -2.02. The molecule has 1 heterocycles. The Labute approximate surface area is 129 Å². The summed E-state index contributed by atoms with van der Waals surface area (Å²) in [7, 11) is 0. The third-order valence-electron chi connectivity index (χ3n) is 3.02. The van der Waals surface area contributed by atoms with E-state index < -0.39 is 5.78 Å². The van der Waals surface area contributed by atoms with Gasteiger partial charge in [-0.1, -0.05) is 23.2 Å². The van der Waals surface area contributed by atoms with Crippen molar-refractivity contribution in [3.8, 4) is 17.2 Å². The number of ether oxygens (including phenoxy) is 1. The fourth-order valence-electron chi connectivity index (χ4n) is 2.01. The fraction of sp³-hybridized carbons (Fsp3) is 0. The largest absolute Gasteiger partial charge is 0.508 e. The lowest BCUT2D eigenvalue weighted by atomic mass is 10.1. The van der Waals surface area contributed by atoms with Crippen molar-refractivity contribution in [3.05, 3.63) is 57.3 Å². The topological polar surface area (TPSA) is 66.8 Å². The van der Waals surface area contributed by atoms with Crippen molar-refractivity contribution in [2.75, 3.05) is 0 Å². The Morgan fingerprint density at radius 2 is 1.76 bits per heavy atom. The standard InChI is InChI=1S/C15H8Cl2O4/c16-9-3-4-10(17)15-13(9)14(20)12(21-15)5-7-1-2-8(18)6-11(7)19/h1-6,18-19H.